The summed E-state index contributed by atoms with van der Waals surface area (Å²) in [6.45, 7) is 2.34. The zero-order valence-electron chi connectivity index (χ0n) is 12.8. The summed E-state index contributed by atoms with van der Waals surface area (Å²) in [4.78, 5) is 14.0. The van der Waals surface area contributed by atoms with E-state index in [0.29, 0.717) is 6.54 Å². The number of aliphatic hydroxyl groups is 1. The minimum absolute atomic E-state index is 0.141. The molecule has 1 aliphatic rings. The molecule has 0 atom stereocenters. The van der Waals surface area contributed by atoms with Crippen LogP contribution in [-0.4, -0.2) is 36.0 Å². The maximum atomic E-state index is 11.7. The van der Waals surface area contributed by atoms with Gasteiger partial charge < -0.3 is 9.90 Å². The van der Waals surface area contributed by atoms with Gasteiger partial charge in [-0.15, -0.1) is 0 Å². The van der Waals surface area contributed by atoms with Crippen molar-refractivity contribution in [2.45, 2.75) is 45.1 Å². The van der Waals surface area contributed by atoms with Gasteiger partial charge in [-0.05, 0) is 18.4 Å². The Bertz CT molecular complexity index is 410. The van der Waals surface area contributed by atoms with Crippen molar-refractivity contribution in [2.24, 2.45) is 5.41 Å². The van der Waals surface area contributed by atoms with E-state index < -0.39 is 0 Å². The number of aliphatic hydroxyl groups excluding tert-OH is 1. The van der Waals surface area contributed by atoms with E-state index in [1.165, 1.54) is 24.7 Å². The fourth-order valence-corrected chi connectivity index (χ4v) is 3.39. The molecule has 2 rings (SSSR count). The Morgan fingerprint density at radius 2 is 1.76 bits per heavy atom. The number of benzene rings is 1. The maximum absolute atomic E-state index is 11.7. The first-order chi connectivity index (χ1) is 10.3. The highest BCUT2D eigenvalue weighted by atomic mass is 16.3. The van der Waals surface area contributed by atoms with Crippen LogP contribution < -0.4 is 0 Å². The molecule has 0 unspecified atom stereocenters. The van der Waals surface area contributed by atoms with Gasteiger partial charge in [-0.25, -0.2) is 0 Å². The predicted molar refractivity (Wildman–Crippen MR) is 85.0 cm³/mol. The molecule has 1 aliphatic carbocycles. The first-order valence-electron chi connectivity index (χ1n) is 8.11. The number of carbonyl (C=O) groups is 1. The van der Waals surface area contributed by atoms with Gasteiger partial charge in [-0.2, -0.15) is 0 Å². The van der Waals surface area contributed by atoms with Crippen molar-refractivity contribution in [3.05, 3.63) is 35.9 Å². The Hall–Kier alpha value is -1.19. The molecule has 1 aromatic rings. The SMILES string of the molecule is O=CC1(CN(CCO)Cc2ccccc2)CCCCCC1. The molecule has 0 amide bonds. The first kappa shape index (κ1) is 16.2. The van der Waals surface area contributed by atoms with E-state index in [9.17, 15) is 9.90 Å². The molecule has 1 aromatic carbocycles. The van der Waals surface area contributed by atoms with Crippen molar-refractivity contribution in [3.8, 4) is 0 Å². The minimum Gasteiger partial charge on any atom is -0.395 e. The number of carbonyl (C=O) groups excluding carboxylic acids is 1. The van der Waals surface area contributed by atoms with Crippen LogP contribution >= 0.6 is 0 Å². The lowest BCUT2D eigenvalue weighted by atomic mass is 9.81. The Morgan fingerprint density at radius 1 is 1.10 bits per heavy atom. The van der Waals surface area contributed by atoms with Crippen LogP contribution in [0, 0.1) is 5.41 Å². The van der Waals surface area contributed by atoms with E-state index in [-0.39, 0.29) is 12.0 Å². The van der Waals surface area contributed by atoms with Crippen LogP contribution in [0.1, 0.15) is 44.1 Å². The fraction of sp³-hybridized carbons (Fsp3) is 0.611. The molecule has 0 aliphatic heterocycles. The van der Waals surface area contributed by atoms with Crippen LogP contribution in [0.5, 0.6) is 0 Å². The van der Waals surface area contributed by atoms with Gasteiger partial charge in [0.25, 0.3) is 0 Å². The van der Waals surface area contributed by atoms with Crippen molar-refractivity contribution in [1.82, 2.24) is 4.90 Å². The molecule has 116 valence electrons. The summed E-state index contributed by atoms with van der Waals surface area (Å²) in [5, 5.41) is 9.33. The first-order valence-corrected chi connectivity index (χ1v) is 8.11. The molecule has 1 N–H and O–H groups in total. The minimum atomic E-state index is -0.208. The number of hydrogen-bond acceptors (Lipinski definition) is 3. The van der Waals surface area contributed by atoms with E-state index >= 15 is 0 Å². The Kier molecular flexibility index (Phi) is 6.40. The molecular formula is C18H27NO2. The van der Waals surface area contributed by atoms with Gasteiger partial charge in [-0.1, -0.05) is 56.0 Å². The quantitative estimate of drug-likeness (QED) is 0.619. The smallest absolute Gasteiger partial charge is 0.127 e. The normalized spacial score (nSPS) is 18.4. The standard InChI is InChI=1S/C18H27NO2/c20-13-12-19(14-17-8-4-3-5-9-17)15-18(16-21)10-6-1-2-7-11-18/h3-5,8-9,16,20H,1-2,6-7,10-15H2. The second-order valence-electron chi connectivity index (χ2n) is 6.31. The summed E-state index contributed by atoms with van der Waals surface area (Å²) in [6, 6.07) is 10.3. The number of rotatable bonds is 7. The van der Waals surface area contributed by atoms with Gasteiger partial charge in [-0.3, -0.25) is 4.90 Å². The zero-order valence-corrected chi connectivity index (χ0v) is 12.8. The van der Waals surface area contributed by atoms with Crippen LogP contribution in [0.15, 0.2) is 30.3 Å². The van der Waals surface area contributed by atoms with Crippen LogP contribution in [0.3, 0.4) is 0 Å². The highest BCUT2D eigenvalue weighted by Gasteiger charge is 2.32. The fourth-order valence-electron chi connectivity index (χ4n) is 3.39. The molecule has 0 spiro atoms. The highest BCUT2D eigenvalue weighted by Crippen LogP contribution is 2.34. The molecule has 0 aromatic heterocycles. The van der Waals surface area contributed by atoms with Crippen molar-refractivity contribution in [3.63, 3.8) is 0 Å². The molecule has 1 fully saturated rings. The molecule has 0 radical (unpaired) electrons. The van der Waals surface area contributed by atoms with E-state index in [4.69, 9.17) is 0 Å². The van der Waals surface area contributed by atoms with E-state index in [0.717, 1.165) is 38.8 Å². The van der Waals surface area contributed by atoms with E-state index in [1.54, 1.807) is 0 Å². The Labute approximate surface area is 128 Å². The van der Waals surface area contributed by atoms with Gasteiger partial charge in [0.2, 0.25) is 0 Å². The third kappa shape index (κ3) is 4.94. The van der Waals surface area contributed by atoms with Crippen LogP contribution in [0.25, 0.3) is 0 Å². The number of hydrogen-bond donors (Lipinski definition) is 1. The molecule has 3 heteroatoms. The largest absolute Gasteiger partial charge is 0.395 e. The van der Waals surface area contributed by atoms with Crippen molar-refractivity contribution in [2.75, 3.05) is 19.7 Å². The zero-order chi connectivity index (χ0) is 15.0. The maximum Gasteiger partial charge on any atom is 0.127 e. The second kappa shape index (κ2) is 8.30. The molecule has 0 saturated heterocycles. The van der Waals surface area contributed by atoms with Gasteiger partial charge in [0, 0.05) is 25.0 Å². The van der Waals surface area contributed by atoms with Crippen LogP contribution in [0.4, 0.5) is 0 Å². The van der Waals surface area contributed by atoms with Gasteiger partial charge in [0.05, 0.1) is 6.61 Å². The van der Waals surface area contributed by atoms with E-state index in [1.807, 2.05) is 18.2 Å². The lowest BCUT2D eigenvalue weighted by molar-refractivity contribution is -0.118. The van der Waals surface area contributed by atoms with Gasteiger partial charge in [0.15, 0.2) is 0 Å². The summed E-state index contributed by atoms with van der Waals surface area (Å²) in [5.74, 6) is 0. The van der Waals surface area contributed by atoms with Crippen molar-refractivity contribution in [1.29, 1.82) is 0 Å². The third-order valence-electron chi connectivity index (χ3n) is 4.55. The Morgan fingerprint density at radius 3 is 2.33 bits per heavy atom. The van der Waals surface area contributed by atoms with E-state index in [2.05, 4.69) is 17.0 Å². The lowest BCUT2D eigenvalue weighted by Gasteiger charge is -2.33. The van der Waals surface area contributed by atoms with Crippen LogP contribution in [-0.2, 0) is 11.3 Å². The average molecular weight is 289 g/mol. The molecule has 1 saturated carbocycles. The molecule has 21 heavy (non-hydrogen) atoms. The average Bonchev–Trinajstić information content (AvgIpc) is 2.75. The molecular weight excluding hydrogens is 262 g/mol. The number of aldehydes is 1. The van der Waals surface area contributed by atoms with Crippen molar-refractivity contribution < 1.29 is 9.90 Å². The summed E-state index contributed by atoms with van der Waals surface area (Å²) < 4.78 is 0. The summed E-state index contributed by atoms with van der Waals surface area (Å²) in [5.41, 5.74) is 1.03. The van der Waals surface area contributed by atoms with Gasteiger partial charge in [0.1, 0.15) is 6.29 Å². The number of nitrogens with zero attached hydrogens (tertiary/aromatic N) is 1. The molecule has 0 heterocycles. The molecule has 3 nitrogen and oxygen atoms in total. The van der Waals surface area contributed by atoms with Gasteiger partial charge >= 0.3 is 0 Å². The van der Waals surface area contributed by atoms with Crippen LogP contribution in [0.2, 0.25) is 0 Å². The summed E-state index contributed by atoms with van der Waals surface area (Å²) in [7, 11) is 0. The van der Waals surface area contributed by atoms with Crippen molar-refractivity contribution >= 4 is 6.29 Å². The molecule has 0 bridgehead atoms. The topological polar surface area (TPSA) is 40.5 Å². The lowest BCUT2D eigenvalue weighted by Crippen LogP contribution is -2.39. The second-order valence-corrected chi connectivity index (χ2v) is 6.31. The third-order valence-corrected chi connectivity index (χ3v) is 4.55. The predicted octanol–water partition coefficient (Wildman–Crippen LogP) is 3.02. The monoisotopic (exact) mass is 289 g/mol. The summed E-state index contributed by atoms with van der Waals surface area (Å²) in [6.07, 6.45) is 7.96. The highest BCUT2D eigenvalue weighted by molar-refractivity contribution is 5.59. The Balaban J connectivity index is 2.04. The summed E-state index contributed by atoms with van der Waals surface area (Å²) >= 11 is 0.